The molecule has 1 aliphatic carbocycles. The Bertz CT molecular complexity index is 641. The highest BCUT2D eigenvalue weighted by Crippen LogP contribution is 2.31. The molecule has 1 atom stereocenters. The number of benzene rings is 1. The van der Waals surface area contributed by atoms with Crippen LogP contribution >= 0.6 is 0 Å². The van der Waals surface area contributed by atoms with Gasteiger partial charge in [-0.15, -0.1) is 0 Å². The number of carbonyl (C=O) groups excluding carboxylic acids is 3. The number of methoxy groups -OCH3 is 1. The number of imide groups is 1. The van der Waals surface area contributed by atoms with Crippen molar-refractivity contribution < 1.29 is 23.9 Å². The van der Waals surface area contributed by atoms with Crippen LogP contribution in [-0.4, -0.2) is 48.4 Å². The number of rotatable bonds is 6. The van der Waals surface area contributed by atoms with Gasteiger partial charge < -0.3 is 14.4 Å². The van der Waals surface area contributed by atoms with E-state index in [0.29, 0.717) is 11.5 Å². The summed E-state index contributed by atoms with van der Waals surface area (Å²) in [5.74, 6) is -0.0528. The number of carbonyl (C=O) groups is 3. The Morgan fingerprint density at radius 3 is 2.52 bits per heavy atom. The highest BCUT2D eigenvalue weighted by Gasteiger charge is 2.44. The number of para-hydroxylation sites is 2. The van der Waals surface area contributed by atoms with E-state index in [9.17, 15) is 14.4 Å². The molecule has 1 aromatic carbocycles. The zero-order chi connectivity index (χ0) is 16.4. The van der Waals surface area contributed by atoms with Gasteiger partial charge in [-0.1, -0.05) is 12.1 Å². The first-order valence-corrected chi connectivity index (χ1v) is 7.51. The molecule has 1 aromatic rings. The zero-order valence-corrected chi connectivity index (χ0v) is 12.8. The number of hydrogen-bond donors (Lipinski definition) is 1. The molecule has 0 aromatic heterocycles. The molecular formula is C16H18N2O5. The third kappa shape index (κ3) is 3.28. The van der Waals surface area contributed by atoms with Gasteiger partial charge >= 0.3 is 0 Å². The maximum Gasteiger partial charge on any atom is 0.261 e. The summed E-state index contributed by atoms with van der Waals surface area (Å²) in [5.41, 5.74) is 0. The van der Waals surface area contributed by atoms with E-state index in [1.807, 2.05) is 0 Å². The summed E-state index contributed by atoms with van der Waals surface area (Å²) < 4.78 is 10.7. The van der Waals surface area contributed by atoms with Gasteiger partial charge in [0.25, 0.3) is 5.91 Å². The smallest absolute Gasteiger partial charge is 0.261 e. The number of nitrogens with one attached hydrogen (secondary N) is 1. The largest absolute Gasteiger partial charge is 0.493 e. The van der Waals surface area contributed by atoms with Crippen molar-refractivity contribution in [2.45, 2.75) is 31.3 Å². The van der Waals surface area contributed by atoms with E-state index in [1.165, 1.54) is 12.0 Å². The summed E-state index contributed by atoms with van der Waals surface area (Å²) in [6, 6.07) is 6.33. The van der Waals surface area contributed by atoms with Gasteiger partial charge in [-0.3, -0.25) is 19.7 Å². The monoisotopic (exact) mass is 318 g/mol. The van der Waals surface area contributed by atoms with Gasteiger partial charge in [0.2, 0.25) is 11.8 Å². The van der Waals surface area contributed by atoms with E-state index in [0.717, 1.165) is 12.8 Å². The topological polar surface area (TPSA) is 84.9 Å². The Kier molecular flexibility index (Phi) is 4.18. The Morgan fingerprint density at radius 1 is 1.26 bits per heavy atom. The van der Waals surface area contributed by atoms with Gasteiger partial charge in [0.15, 0.2) is 18.1 Å². The minimum Gasteiger partial charge on any atom is -0.493 e. The fourth-order valence-corrected chi connectivity index (χ4v) is 2.70. The lowest BCUT2D eigenvalue weighted by molar-refractivity contribution is -0.141. The number of hydrogen-bond acceptors (Lipinski definition) is 5. The van der Waals surface area contributed by atoms with E-state index in [-0.39, 0.29) is 30.9 Å². The Labute approximate surface area is 133 Å². The van der Waals surface area contributed by atoms with Crippen molar-refractivity contribution in [3.05, 3.63) is 24.3 Å². The van der Waals surface area contributed by atoms with Crippen molar-refractivity contribution in [2.75, 3.05) is 13.7 Å². The molecule has 1 saturated heterocycles. The van der Waals surface area contributed by atoms with Crippen molar-refractivity contribution in [1.29, 1.82) is 0 Å². The fourth-order valence-electron chi connectivity index (χ4n) is 2.70. The number of nitrogens with zero attached hydrogens (tertiary/aromatic N) is 1. The molecule has 7 heteroatoms. The van der Waals surface area contributed by atoms with Gasteiger partial charge in [-0.25, -0.2) is 0 Å². The molecule has 1 heterocycles. The standard InChI is InChI=1S/C16H18N2O5/c1-22-12-4-2-3-5-13(12)23-9-15(20)18(10-6-7-10)11-8-14(19)17-16(11)21/h2-5,10-11H,6-9H2,1H3,(H,17,19,21)/t11-/m0/s1. The molecule has 0 radical (unpaired) electrons. The van der Waals surface area contributed by atoms with Crippen molar-refractivity contribution in [3.63, 3.8) is 0 Å². The minimum absolute atomic E-state index is 0.0189. The van der Waals surface area contributed by atoms with Crippen LogP contribution in [0.4, 0.5) is 0 Å². The molecule has 1 N–H and O–H groups in total. The average molecular weight is 318 g/mol. The van der Waals surface area contributed by atoms with Crippen LogP contribution in [0.5, 0.6) is 11.5 Å². The van der Waals surface area contributed by atoms with Gasteiger partial charge in [0.1, 0.15) is 6.04 Å². The lowest BCUT2D eigenvalue weighted by Gasteiger charge is -2.26. The van der Waals surface area contributed by atoms with Crippen LogP contribution in [0.1, 0.15) is 19.3 Å². The van der Waals surface area contributed by atoms with Crippen molar-refractivity contribution in [2.24, 2.45) is 0 Å². The molecule has 1 saturated carbocycles. The molecular weight excluding hydrogens is 300 g/mol. The van der Waals surface area contributed by atoms with E-state index in [4.69, 9.17) is 9.47 Å². The summed E-state index contributed by atoms with van der Waals surface area (Å²) in [4.78, 5) is 37.2. The predicted molar refractivity (Wildman–Crippen MR) is 79.9 cm³/mol. The quantitative estimate of drug-likeness (QED) is 0.771. The van der Waals surface area contributed by atoms with Crippen LogP contribution in [0.3, 0.4) is 0 Å². The second kappa shape index (κ2) is 6.28. The van der Waals surface area contributed by atoms with Gasteiger partial charge in [-0.05, 0) is 25.0 Å². The van der Waals surface area contributed by atoms with Crippen molar-refractivity contribution in [1.82, 2.24) is 10.2 Å². The fraction of sp³-hybridized carbons (Fsp3) is 0.438. The summed E-state index contributed by atoms with van der Waals surface area (Å²) in [6.45, 7) is -0.200. The SMILES string of the molecule is COc1ccccc1OCC(=O)N(C1CC1)[C@H]1CC(=O)NC1=O. The molecule has 0 bridgehead atoms. The summed E-state index contributed by atoms with van der Waals surface area (Å²) in [5, 5.41) is 2.24. The van der Waals surface area contributed by atoms with E-state index < -0.39 is 11.9 Å². The van der Waals surface area contributed by atoms with E-state index >= 15 is 0 Å². The van der Waals surface area contributed by atoms with Crippen LogP contribution < -0.4 is 14.8 Å². The third-order valence-electron chi connectivity index (χ3n) is 3.93. The molecule has 1 aliphatic heterocycles. The molecule has 2 fully saturated rings. The van der Waals surface area contributed by atoms with Crippen LogP contribution in [0, 0.1) is 0 Å². The maximum absolute atomic E-state index is 12.5. The maximum atomic E-state index is 12.5. The predicted octanol–water partition coefficient (Wildman–Crippen LogP) is 0.480. The van der Waals surface area contributed by atoms with Crippen LogP contribution in [0.15, 0.2) is 24.3 Å². The molecule has 0 spiro atoms. The Morgan fingerprint density at radius 2 is 1.96 bits per heavy atom. The normalized spacial score (nSPS) is 20.1. The van der Waals surface area contributed by atoms with Crippen molar-refractivity contribution in [3.8, 4) is 11.5 Å². The Balaban J connectivity index is 1.68. The van der Waals surface area contributed by atoms with E-state index in [2.05, 4.69) is 5.32 Å². The molecule has 122 valence electrons. The third-order valence-corrected chi connectivity index (χ3v) is 3.93. The van der Waals surface area contributed by atoms with E-state index in [1.54, 1.807) is 24.3 Å². The lowest BCUT2D eigenvalue weighted by Crippen LogP contribution is -2.47. The molecule has 0 unspecified atom stereocenters. The number of amides is 3. The first-order valence-electron chi connectivity index (χ1n) is 7.51. The zero-order valence-electron chi connectivity index (χ0n) is 12.8. The lowest BCUT2D eigenvalue weighted by atomic mass is 10.2. The second-order valence-electron chi connectivity index (χ2n) is 5.60. The van der Waals surface area contributed by atoms with Crippen LogP contribution in [0.2, 0.25) is 0 Å². The Hall–Kier alpha value is -2.57. The molecule has 7 nitrogen and oxygen atoms in total. The van der Waals surface area contributed by atoms with Gasteiger partial charge in [-0.2, -0.15) is 0 Å². The van der Waals surface area contributed by atoms with Crippen LogP contribution in [-0.2, 0) is 14.4 Å². The first kappa shape index (κ1) is 15.3. The average Bonchev–Trinajstić information content (AvgIpc) is 3.31. The first-order chi connectivity index (χ1) is 11.1. The number of ether oxygens (including phenoxy) is 2. The highest BCUT2D eigenvalue weighted by atomic mass is 16.5. The molecule has 23 heavy (non-hydrogen) atoms. The molecule has 2 aliphatic rings. The minimum atomic E-state index is -0.719. The highest BCUT2D eigenvalue weighted by molar-refractivity contribution is 6.07. The van der Waals surface area contributed by atoms with Crippen molar-refractivity contribution >= 4 is 17.7 Å². The summed E-state index contributed by atoms with van der Waals surface area (Å²) in [7, 11) is 1.52. The molecule has 3 rings (SSSR count). The second-order valence-corrected chi connectivity index (χ2v) is 5.60. The molecule has 3 amide bonds. The van der Waals surface area contributed by atoms with Crippen LogP contribution in [0.25, 0.3) is 0 Å². The van der Waals surface area contributed by atoms with Gasteiger partial charge in [0, 0.05) is 6.04 Å². The summed E-state index contributed by atoms with van der Waals surface area (Å²) >= 11 is 0. The van der Waals surface area contributed by atoms with Gasteiger partial charge in [0.05, 0.1) is 13.5 Å². The summed E-state index contributed by atoms with van der Waals surface area (Å²) in [6.07, 6.45) is 1.71.